The first-order valence-corrected chi connectivity index (χ1v) is 9.85. The first-order chi connectivity index (χ1) is 12.1. The van der Waals surface area contributed by atoms with E-state index in [0.29, 0.717) is 11.8 Å². The third-order valence-electron chi connectivity index (χ3n) is 5.68. The van der Waals surface area contributed by atoms with Gasteiger partial charge in [0.15, 0.2) is 0 Å². The molecule has 0 atom stereocenters. The zero-order valence-electron chi connectivity index (χ0n) is 15.9. The number of nitrogens with zero attached hydrogens (tertiary/aromatic N) is 4. The SMILES string of the molecule is CC(C)N1CCN(CCCN2CCN(c3ccccc3O)CC2)CC1. The van der Waals surface area contributed by atoms with E-state index in [2.05, 4.69) is 33.4 Å². The number of aromatic hydroxyl groups is 1. The molecule has 140 valence electrons. The fourth-order valence-electron chi connectivity index (χ4n) is 3.97. The van der Waals surface area contributed by atoms with Gasteiger partial charge in [-0.3, -0.25) is 9.80 Å². The maximum Gasteiger partial charge on any atom is 0.138 e. The monoisotopic (exact) mass is 346 g/mol. The second-order valence-electron chi connectivity index (χ2n) is 7.64. The van der Waals surface area contributed by atoms with Crippen molar-refractivity contribution >= 4 is 5.69 Å². The minimum absolute atomic E-state index is 0.400. The van der Waals surface area contributed by atoms with Crippen LogP contribution in [0.1, 0.15) is 20.3 Å². The Bertz CT molecular complexity index is 520. The van der Waals surface area contributed by atoms with E-state index in [1.807, 2.05) is 18.2 Å². The van der Waals surface area contributed by atoms with Gasteiger partial charge in [-0.15, -0.1) is 0 Å². The highest BCUT2D eigenvalue weighted by molar-refractivity contribution is 5.57. The number of hydrogen-bond donors (Lipinski definition) is 1. The number of phenols is 1. The van der Waals surface area contributed by atoms with Crippen molar-refractivity contribution < 1.29 is 5.11 Å². The van der Waals surface area contributed by atoms with Crippen LogP contribution in [0, 0.1) is 0 Å². The molecule has 2 heterocycles. The van der Waals surface area contributed by atoms with Crippen LogP contribution in [-0.2, 0) is 0 Å². The Labute approximate surface area is 152 Å². The van der Waals surface area contributed by atoms with Crippen molar-refractivity contribution in [2.75, 3.05) is 70.3 Å². The number of hydrogen-bond acceptors (Lipinski definition) is 5. The molecule has 2 saturated heterocycles. The smallest absolute Gasteiger partial charge is 0.138 e. The quantitative estimate of drug-likeness (QED) is 0.851. The van der Waals surface area contributed by atoms with E-state index >= 15 is 0 Å². The van der Waals surface area contributed by atoms with Crippen LogP contribution in [0.5, 0.6) is 5.75 Å². The van der Waals surface area contributed by atoms with Crippen molar-refractivity contribution in [3.63, 3.8) is 0 Å². The predicted octanol–water partition coefficient (Wildman–Crippen LogP) is 1.93. The van der Waals surface area contributed by atoms with Gasteiger partial charge in [-0.25, -0.2) is 0 Å². The van der Waals surface area contributed by atoms with E-state index in [1.165, 1.54) is 45.7 Å². The summed E-state index contributed by atoms with van der Waals surface area (Å²) < 4.78 is 0. The Morgan fingerprint density at radius 3 is 1.96 bits per heavy atom. The van der Waals surface area contributed by atoms with Crippen LogP contribution < -0.4 is 4.90 Å². The number of rotatable bonds is 6. The molecule has 0 spiro atoms. The van der Waals surface area contributed by atoms with E-state index in [1.54, 1.807) is 6.07 Å². The van der Waals surface area contributed by atoms with Gasteiger partial charge in [0.25, 0.3) is 0 Å². The Morgan fingerprint density at radius 1 is 0.840 bits per heavy atom. The van der Waals surface area contributed by atoms with E-state index in [9.17, 15) is 5.11 Å². The number of anilines is 1. The summed E-state index contributed by atoms with van der Waals surface area (Å²) in [6.45, 7) is 16.1. The lowest BCUT2D eigenvalue weighted by molar-refractivity contribution is 0.104. The summed E-state index contributed by atoms with van der Waals surface area (Å²) in [4.78, 5) is 10.1. The normalized spacial score (nSPS) is 21.2. The van der Waals surface area contributed by atoms with Gasteiger partial charge in [0, 0.05) is 58.4 Å². The molecule has 25 heavy (non-hydrogen) atoms. The molecule has 1 aromatic rings. The van der Waals surface area contributed by atoms with Crippen molar-refractivity contribution in [2.45, 2.75) is 26.3 Å². The molecule has 0 saturated carbocycles. The average Bonchev–Trinajstić information content (AvgIpc) is 2.63. The lowest BCUT2D eigenvalue weighted by atomic mass is 10.2. The molecule has 0 amide bonds. The van der Waals surface area contributed by atoms with Gasteiger partial charge in [-0.05, 0) is 45.5 Å². The lowest BCUT2D eigenvalue weighted by Crippen LogP contribution is -2.50. The molecule has 0 radical (unpaired) electrons. The van der Waals surface area contributed by atoms with Crippen LogP contribution in [0.15, 0.2) is 24.3 Å². The van der Waals surface area contributed by atoms with Crippen LogP contribution in [0.25, 0.3) is 0 Å². The van der Waals surface area contributed by atoms with Crippen LogP contribution in [0.4, 0.5) is 5.69 Å². The Balaban J connectivity index is 1.33. The largest absolute Gasteiger partial charge is 0.506 e. The summed E-state index contributed by atoms with van der Waals surface area (Å²) in [6, 6.07) is 8.36. The fraction of sp³-hybridized carbons (Fsp3) is 0.700. The van der Waals surface area contributed by atoms with Gasteiger partial charge < -0.3 is 14.9 Å². The van der Waals surface area contributed by atoms with Crippen LogP contribution >= 0.6 is 0 Å². The topological polar surface area (TPSA) is 33.2 Å². The molecule has 2 aliphatic heterocycles. The van der Waals surface area contributed by atoms with E-state index in [4.69, 9.17) is 0 Å². The van der Waals surface area contributed by atoms with Crippen LogP contribution in [-0.4, -0.2) is 91.3 Å². The van der Waals surface area contributed by atoms with Crippen molar-refractivity contribution in [1.82, 2.24) is 14.7 Å². The van der Waals surface area contributed by atoms with Gasteiger partial charge in [-0.1, -0.05) is 12.1 Å². The molecule has 0 bridgehead atoms. The van der Waals surface area contributed by atoms with Crippen molar-refractivity contribution in [3.05, 3.63) is 24.3 Å². The fourth-order valence-corrected chi connectivity index (χ4v) is 3.97. The minimum atomic E-state index is 0.400. The number of phenolic OH excluding ortho intramolecular Hbond substituents is 1. The highest BCUT2D eigenvalue weighted by Crippen LogP contribution is 2.27. The highest BCUT2D eigenvalue weighted by atomic mass is 16.3. The Morgan fingerprint density at radius 2 is 1.40 bits per heavy atom. The van der Waals surface area contributed by atoms with E-state index in [-0.39, 0.29) is 0 Å². The van der Waals surface area contributed by atoms with Crippen molar-refractivity contribution in [3.8, 4) is 5.75 Å². The van der Waals surface area contributed by atoms with Crippen LogP contribution in [0.3, 0.4) is 0 Å². The molecule has 5 nitrogen and oxygen atoms in total. The average molecular weight is 347 g/mol. The number of para-hydroxylation sites is 2. The highest BCUT2D eigenvalue weighted by Gasteiger charge is 2.20. The third kappa shape index (κ3) is 5.09. The summed E-state index contributed by atoms with van der Waals surface area (Å²) in [5.41, 5.74) is 0.977. The maximum absolute atomic E-state index is 10.0. The second-order valence-corrected chi connectivity index (χ2v) is 7.64. The van der Waals surface area contributed by atoms with E-state index in [0.717, 1.165) is 31.9 Å². The van der Waals surface area contributed by atoms with Gasteiger partial charge >= 0.3 is 0 Å². The molecule has 0 aliphatic carbocycles. The summed E-state index contributed by atoms with van der Waals surface area (Å²) >= 11 is 0. The summed E-state index contributed by atoms with van der Waals surface area (Å²) in [5, 5.41) is 10.0. The number of piperazine rings is 2. The molecular weight excluding hydrogens is 312 g/mol. The Kier molecular flexibility index (Phi) is 6.57. The molecule has 3 rings (SSSR count). The number of benzene rings is 1. The van der Waals surface area contributed by atoms with Crippen LogP contribution in [0.2, 0.25) is 0 Å². The van der Waals surface area contributed by atoms with Gasteiger partial charge in [0.05, 0.1) is 5.69 Å². The summed E-state index contributed by atoms with van der Waals surface area (Å²) in [5.74, 6) is 0.400. The first kappa shape index (κ1) is 18.5. The van der Waals surface area contributed by atoms with Gasteiger partial charge in [-0.2, -0.15) is 0 Å². The molecule has 1 aromatic carbocycles. The Hall–Kier alpha value is -1.30. The zero-order valence-corrected chi connectivity index (χ0v) is 15.9. The van der Waals surface area contributed by atoms with E-state index < -0.39 is 0 Å². The molecule has 1 N–H and O–H groups in total. The molecule has 2 aliphatic rings. The second kappa shape index (κ2) is 8.88. The molecule has 0 unspecified atom stereocenters. The first-order valence-electron chi connectivity index (χ1n) is 9.85. The zero-order chi connectivity index (χ0) is 17.6. The standard InChI is InChI=1S/C20H34N4O/c1-18(2)23-14-10-21(11-15-23)8-5-9-22-12-16-24(17-13-22)19-6-3-4-7-20(19)25/h3-4,6-7,18,25H,5,8-17H2,1-2H3. The molecule has 5 heteroatoms. The third-order valence-corrected chi connectivity index (χ3v) is 5.68. The summed E-state index contributed by atoms with van der Waals surface area (Å²) in [7, 11) is 0. The van der Waals surface area contributed by atoms with Crippen molar-refractivity contribution in [2.24, 2.45) is 0 Å². The van der Waals surface area contributed by atoms with Gasteiger partial charge in [0.1, 0.15) is 5.75 Å². The molecular formula is C20H34N4O. The molecule has 0 aromatic heterocycles. The molecule has 2 fully saturated rings. The lowest BCUT2D eigenvalue weighted by Gasteiger charge is -2.38. The maximum atomic E-state index is 10.0. The minimum Gasteiger partial charge on any atom is -0.506 e. The summed E-state index contributed by atoms with van der Waals surface area (Å²) in [6.07, 6.45) is 1.26. The van der Waals surface area contributed by atoms with Crippen molar-refractivity contribution in [1.29, 1.82) is 0 Å². The predicted molar refractivity (Wildman–Crippen MR) is 105 cm³/mol. The van der Waals surface area contributed by atoms with Gasteiger partial charge in [0.2, 0.25) is 0 Å².